The van der Waals surface area contributed by atoms with E-state index in [4.69, 9.17) is 10.5 Å². The molecule has 6 heteroatoms. The zero-order valence-electron chi connectivity index (χ0n) is 11.6. The molecule has 0 bridgehead atoms. The van der Waals surface area contributed by atoms with E-state index in [0.717, 1.165) is 5.56 Å². The van der Waals surface area contributed by atoms with Crippen LogP contribution in [0.25, 0.3) is 11.3 Å². The van der Waals surface area contributed by atoms with Crippen LogP contribution in [-0.4, -0.2) is 37.1 Å². The first-order valence-corrected chi connectivity index (χ1v) is 6.02. The molecular weight excluding hydrogens is 256 g/mol. The summed E-state index contributed by atoms with van der Waals surface area (Å²) in [5, 5.41) is 0. The van der Waals surface area contributed by atoms with Crippen LogP contribution in [0.5, 0.6) is 5.75 Å². The molecule has 0 unspecified atom stereocenters. The maximum Gasteiger partial charge on any atom is 0.267 e. The Morgan fingerprint density at radius 3 is 2.60 bits per heavy atom. The van der Waals surface area contributed by atoms with Crippen molar-refractivity contribution in [1.29, 1.82) is 0 Å². The zero-order valence-corrected chi connectivity index (χ0v) is 11.6. The highest BCUT2D eigenvalue weighted by Gasteiger charge is 2.12. The predicted molar refractivity (Wildman–Crippen MR) is 76.9 cm³/mol. The zero-order chi connectivity index (χ0) is 14.7. The molecule has 0 fully saturated rings. The third-order valence-corrected chi connectivity index (χ3v) is 2.73. The lowest BCUT2D eigenvalue weighted by atomic mass is 10.1. The van der Waals surface area contributed by atoms with Crippen LogP contribution in [0.4, 0.5) is 5.95 Å². The van der Waals surface area contributed by atoms with Crippen LogP contribution in [0.2, 0.25) is 0 Å². The second kappa shape index (κ2) is 5.56. The Hall–Kier alpha value is -2.63. The highest BCUT2D eigenvalue weighted by atomic mass is 16.5. The van der Waals surface area contributed by atoms with Crippen LogP contribution >= 0.6 is 0 Å². The molecule has 0 saturated heterocycles. The third kappa shape index (κ3) is 2.85. The molecule has 1 heterocycles. The molecule has 0 atom stereocenters. The number of carbonyl (C=O) groups excluding carboxylic acids is 1. The number of hydrogen-bond acceptors (Lipinski definition) is 5. The summed E-state index contributed by atoms with van der Waals surface area (Å²) in [5.74, 6) is 0.562. The fourth-order valence-electron chi connectivity index (χ4n) is 1.69. The van der Waals surface area contributed by atoms with Gasteiger partial charge in [0.2, 0.25) is 5.95 Å². The number of nitrogens with two attached hydrogens (primary N) is 1. The van der Waals surface area contributed by atoms with Gasteiger partial charge in [0.05, 0.1) is 12.8 Å². The van der Waals surface area contributed by atoms with Gasteiger partial charge in [-0.2, -0.15) is 0 Å². The number of rotatable bonds is 4. The summed E-state index contributed by atoms with van der Waals surface area (Å²) in [6.45, 7) is 0. The van der Waals surface area contributed by atoms with Crippen LogP contribution < -0.4 is 15.4 Å². The Bertz CT molecular complexity index is 641. The van der Waals surface area contributed by atoms with Crippen LogP contribution in [0.3, 0.4) is 0 Å². The SMILES string of the molecule is COc1cccc(-c2cc(C(N)=O)nc(N(C)C)n2)c1. The molecule has 0 aliphatic heterocycles. The van der Waals surface area contributed by atoms with Crippen molar-refractivity contribution in [2.45, 2.75) is 0 Å². The third-order valence-electron chi connectivity index (χ3n) is 2.73. The molecule has 0 aliphatic rings. The molecule has 20 heavy (non-hydrogen) atoms. The number of carbonyl (C=O) groups is 1. The standard InChI is InChI=1S/C14H16N4O2/c1-18(2)14-16-11(8-12(17-14)13(15)19)9-5-4-6-10(7-9)20-3/h4-8H,1-3H3,(H2,15,19). The minimum atomic E-state index is -0.584. The molecule has 2 aromatic rings. The molecule has 2 N–H and O–H groups in total. The number of amides is 1. The van der Waals surface area contributed by atoms with Crippen molar-refractivity contribution in [3.63, 3.8) is 0 Å². The van der Waals surface area contributed by atoms with Crippen molar-refractivity contribution in [2.24, 2.45) is 5.73 Å². The van der Waals surface area contributed by atoms with Gasteiger partial charge in [-0.3, -0.25) is 4.79 Å². The Morgan fingerprint density at radius 1 is 1.25 bits per heavy atom. The summed E-state index contributed by atoms with van der Waals surface area (Å²) in [6, 6.07) is 8.99. The number of hydrogen-bond donors (Lipinski definition) is 1. The van der Waals surface area contributed by atoms with Crippen molar-refractivity contribution in [3.8, 4) is 17.0 Å². The average molecular weight is 272 g/mol. The second-order valence-electron chi connectivity index (χ2n) is 4.43. The molecule has 6 nitrogen and oxygen atoms in total. The van der Waals surface area contributed by atoms with Crippen molar-refractivity contribution >= 4 is 11.9 Å². The van der Waals surface area contributed by atoms with E-state index in [-0.39, 0.29) is 5.69 Å². The fourth-order valence-corrected chi connectivity index (χ4v) is 1.69. The lowest BCUT2D eigenvalue weighted by Gasteiger charge is -2.13. The van der Waals surface area contributed by atoms with E-state index in [1.807, 2.05) is 24.3 Å². The molecule has 0 radical (unpaired) electrons. The first-order chi connectivity index (χ1) is 9.51. The van der Waals surface area contributed by atoms with E-state index in [1.165, 1.54) is 0 Å². The second-order valence-corrected chi connectivity index (χ2v) is 4.43. The van der Waals surface area contributed by atoms with Crippen molar-refractivity contribution in [3.05, 3.63) is 36.0 Å². The Morgan fingerprint density at radius 2 is 2.00 bits per heavy atom. The minimum absolute atomic E-state index is 0.182. The lowest BCUT2D eigenvalue weighted by molar-refractivity contribution is 0.0995. The highest BCUT2D eigenvalue weighted by Crippen LogP contribution is 2.24. The highest BCUT2D eigenvalue weighted by molar-refractivity contribution is 5.92. The van der Waals surface area contributed by atoms with E-state index in [1.54, 1.807) is 32.2 Å². The molecule has 0 aliphatic carbocycles. The molecule has 1 aromatic carbocycles. The fraction of sp³-hybridized carbons (Fsp3) is 0.214. The summed E-state index contributed by atoms with van der Waals surface area (Å²) in [4.78, 5) is 21.6. The topological polar surface area (TPSA) is 81.3 Å². The van der Waals surface area contributed by atoms with Crippen LogP contribution in [0, 0.1) is 0 Å². The van der Waals surface area contributed by atoms with Crippen LogP contribution in [0.15, 0.2) is 30.3 Å². The summed E-state index contributed by atoms with van der Waals surface area (Å²) < 4.78 is 5.19. The van der Waals surface area contributed by atoms with Crippen LogP contribution in [-0.2, 0) is 0 Å². The summed E-state index contributed by atoms with van der Waals surface area (Å²) >= 11 is 0. The van der Waals surface area contributed by atoms with E-state index < -0.39 is 5.91 Å². The van der Waals surface area contributed by atoms with Crippen LogP contribution in [0.1, 0.15) is 10.5 Å². The van der Waals surface area contributed by atoms with Gasteiger partial charge in [-0.15, -0.1) is 0 Å². The quantitative estimate of drug-likeness (QED) is 0.907. The monoisotopic (exact) mass is 272 g/mol. The van der Waals surface area contributed by atoms with E-state index in [9.17, 15) is 4.79 Å². The normalized spacial score (nSPS) is 10.2. The maximum atomic E-state index is 11.4. The Kier molecular flexibility index (Phi) is 3.84. The summed E-state index contributed by atoms with van der Waals surface area (Å²) in [7, 11) is 5.20. The largest absolute Gasteiger partial charge is 0.497 e. The summed E-state index contributed by atoms with van der Waals surface area (Å²) in [6.07, 6.45) is 0. The molecular formula is C14H16N4O2. The molecule has 0 saturated carbocycles. The van der Waals surface area contributed by atoms with E-state index in [2.05, 4.69) is 9.97 Å². The van der Waals surface area contributed by atoms with Gasteiger partial charge in [0.15, 0.2) is 0 Å². The molecule has 104 valence electrons. The first-order valence-electron chi connectivity index (χ1n) is 6.02. The Balaban J connectivity index is 2.57. The number of ether oxygens (including phenoxy) is 1. The molecule has 1 aromatic heterocycles. The number of methoxy groups -OCH3 is 1. The number of aromatic nitrogens is 2. The maximum absolute atomic E-state index is 11.4. The molecule has 1 amide bonds. The molecule has 2 rings (SSSR count). The number of primary amides is 1. The van der Waals surface area contributed by atoms with Gasteiger partial charge in [0.25, 0.3) is 5.91 Å². The van der Waals surface area contributed by atoms with Gasteiger partial charge >= 0.3 is 0 Å². The van der Waals surface area contributed by atoms with Crippen molar-refractivity contribution in [1.82, 2.24) is 9.97 Å². The number of anilines is 1. The van der Waals surface area contributed by atoms with Gasteiger partial charge in [0.1, 0.15) is 11.4 Å². The Labute approximate surface area is 117 Å². The number of nitrogens with zero attached hydrogens (tertiary/aromatic N) is 3. The molecule has 0 spiro atoms. The number of benzene rings is 1. The average Bonchev–Trinajstić information content (AvgIpc) is 2.46. The summed E-state index contributed by atoms with van der Waals surface area (Å²) in [5.41, 5.74) is 6.95. The van der Waals surface area contributed by atoms with E-state index >= 15 is 0 Å². The van der Waals surface area contributed by atoms with Gasteiger partial charge in [-0.05, 0) is 18.2 Å². The van der Waals surface area contributed by atoms with Gasteiger partial charge in [0, 0.05) is 19.7 Å². The lowest BCUT2D eigenvalue weighted by Crippen LogP contribution is -2.19. The van der Waals surface area contributed by atoms with Gasteiger partial charge in [-0.25, -0.2) is 9.97 Å². The van der Waals surface area contributed by atoms with E-state index in [0.29, 0.717) is 17.4 Å². The van der Waals surface area contributed by atoms with Crippen molar-refractivity contribution in [2.75, 3.05) is 26.1 Å². The minimum Gasteiger partial charge on any atom is -0.497 e. The van der Waals surface area contributed by atoms with Gasteiger partial charge < -0.3 is 15.4 Å². The first kappa shape index (κ1) is 13.8. The predicted octanol–water partition coefficient (Wildman–Crippen LogP) is 1.32. The van der Waals surface area contributed by atoms with Crippen molar-refractivity contribution < 1.29 is 9.53 Å². The van der Waals surface area contributed by atoms with Gasteiger partial charge in [-0.1, -0.05) is 12.1 Å². The smallest absolute Gasteiger partial charge is 0.267 e.